The molecule has 0 aliphatic carbocycles. The number of nitrogens with zero attached hydrogens (tertiary/aromatic N) is 2. The van der Waals surface area contributed by atoms with Gasteiger partial charge in [0.25, 0.3) is 0 Å². The molecule has 0 atom stereocenters. The topological polar surface area (TPSA) is 47.0 Å². The van der Waals surface area contributed by atoms with Crippen molar-refractivity contribution in [2.45, 2.75) is 39.5 Å². The fourth-order valence-electron chi connectivity index (χ4n) is 1.22. The summed E-state index contributed by atoms with van der Waals surface area (Å²) in [6.07, 6.45) is -3.09. The molecule has 0 aliphatic rings. The van der Waals surface area contributed by atoms with Gasteiger partial charge in [-0.15, -0.1) is 0 Å². The van der Waals surface area contributed by atoms with Crippen molar-refractivity contribution in [1.82, 2.24) is 9.97 Å². The van der Waals surface area contributed by atoms with Gasteiger partial charge in [0, 0.05) is 6.07 Å². The summed E-state index contributed by atoms with van der Waals surface area (Å²) in [6, 6.07) is 1.19. The number of alkyl halides is 3. The normalized spacial score (nSPS) is 13.3. The maximum atomic E-state index is 12.6. The van der Waals surface area contributed by atoms with Gasteiger partial charge in [-0.2, -0.15) is 13.2 Å². The van der Waals surface area contributed by atoms with E-state index < -0.39 is 17.6 Å². The van der Waals surface area contributed by atoms with Gasteiger partial charge in [-0.1, -0.05) is 11.6 Å². The Morgan fingerprint density at radius 3 is 2.35 bits per heavy atom. The highest BCUT2D eigenvalue weighted by atomic mass is 35.5. The minimum Gasteiger partial charge on any atom is -0.473 e. The molecule has 112 valence electrons. The molecular weight excluding hydrogens is 295 g/mol. The number of ether oxygens (including phenoxy) is 1. The average molecular weight is 310 g/mol. The molecule has 1 aromatic rings. The second-order valence-electron chi connectivity index (χ2n) is 4.89. The monoisotopic (exact) mass is 309 g/mol. The number of allylic oxidation sites excluding steroid dienone is 1. The smallest absolute Gasteiger partial charge is 0.451 e. The Morgan fingerprint density at radius 1 is 1.30 bits per heavy atom. The number of rotatable bonds is 3. The van der Waals surface area contributed by atoms with E-state index in [4.69, 9.17) is 16.3 Å². The fourth-order valence-corrected chi connectivity index (χ4v) is 1.40. The predicted molar refractivity (Wildman–Crippen MR) is 70.3 cm³/mol. The van der Waals surface area contributed by atoms with Gasteiger partial charge in [0.2, 0.25) is 5.82 Å². The lowest BCUT2D eigenvalue weighted by Gasteiger charge is -2.23. The minimum absolute atomic E-state index is 0.0883. The summed E-state index contributed by atoms with van der Waals surface area (Å²) in [5.41, 5.74) is -0.501. The Hall–Kier alpha value is -1.50. The summed E-state index contributed by atoms with van der Waals surface area (Å²) >= 11 is 5.56. The van der Waals surface area contributed by atoms with Crippen molar-refractivity contribution in [3.8, 4) is 0 Å². The number of aromatic nitrogens is 2. The second-order valence-corrected chi connectivity index (χ2v) is 5.28. The molecule has 1 aromatic heterocycles. The molecule has 0 aromatic carbocycles. The standard InChI is InChI=1S/C12H15ClF3N3O/c1-5-9(20-11(2,3)4)18-8-6-7(13)17-10(19-8)12(14,15)16/h5-6H,1-4H3,(H,17,18,19). The highest BCUT2D eigenvalue weighted by Crippen LogP contribution is 2.28. The quantitative estimate of drug-likeness (QED) is 0.670. The molecule has 0 saturated carbocycles. The first kappa shape index (κ1) is 16.6. The summed E-state index contributed by atoms with van der Waals surface area (Å²) in [4.78, 5) is 6.51. The van der Waals surface area contributed by atoms with E-state index in [1.165, 1.54) is 6.07 Å². The van der Waals surface area contributed by atoms with Crippen LogP contribution in [-0.4, -0.2) is 15.6 Å². The Kier molecular flexibility index (Phi) is 4.86. The molecule has 0 spiro atoms. The van der Waals surface area contributed by atoms with E-state index >= 15 is 0 Å². The zero-order chi connectivity index (χ0) is 15.6. The Labute approximate surface area is 120 Å². The zero-order valence-corrected chi connectivity index (χ0v) is 12.2. The van der Waals surface area contributed by atoms with Crippen molar-refractivity contribution in [2.24, 2.45) is 0 Å². The molecule has 0 saturated heterocycles. The van der Waals surface area contributed by atoms with Crippen molar-refractivity contribution >= 4 is 17.4 Å². The molecule has 1 N–H and O–H groups in total. The number of hydrogen-bond donors (Lipinski definition) is 1. The lowest BCUT2D eigenvalue weighted by Crippen LogP contribution is -2.22. The van der Waals surface area contributed by atoms with Crippen LogP contribution >= 0.6 is 11.6 Å². The van der Waals surface area contributed by atoms with Crippen LogP contribution in [0.4, 0.5) is 19.0 Å². The Bertz CT molecular complexity index is 510. The van der Waals surface area contributed by atoms with Gasteiger partial charge in [-0.05, 0) is 33.8 Å². The molecule has 8 heteroatoms. The van der Waals surface area contributed by atoms with Crippen LogP contribution in [0, 0.1) is 0 Å². The second kappa shape index (κ2) is 5.87. The van der Waals surface area contributed by atoms with Crippen LogP contribution in [0.15, 0.2) is 18.0 Å². The summed E-state index contributed by atoms with van der Waals surface area (Å²) in [7, 11) is 0. The van der Waals surface area contributed by atoms with Crippen molar-refractivity contribution in [3.05, 3.63) is 29.0 Å². The third-order valence-corrected chi connectivity index (χ3v) is 2.07. The van der Waals surface area contributed by atoms with Crippen molar-refractivity contribution < 1.29 is 17.9 Å². The van der Waals surface area contributed by atoms with Gasteiger partial charge < -0.3 is 10.1 Å². The number of halogens is 4. The first-order chi connectivity index (χ1) is 9.01. The van der Waals surface area contributed by atoms with Crippen LogP contribution in [0.2, 0.25) is 5.15 Å². The molecule has 4 nitrogen and oxygen atoms in total. The van der Waals surface area contributed by atoms with Gasteiger partial charge in [0.1, 0.15) is 16.6 Å². The van der Waals surface area contributed by atoms with Gasteiger partial charge in [0.15, 0.2) is 5.88 Å². The van der Waals surface area contributed by atoms with Gasteiger partial charge in [0.05, 0.1) is 0 Å². The average Bonchev–Trinajstić information content (AvgIpc) is 2.24. The first-order valence-corrected chi connectivity index (χ1v) is 6.13. The van der Waals surface area contributed by atoms with E-state index in [9.17, 15) is 13.2 Å². The van der Waals surface area contributed by atoms with Gasteiger partial charge in [-0.3, -0.25) is 0 Å². The third kappa shape index (κ3) is 5.24. The molecule has 1 rings (SSSR count). The van der Waals surface area contributed by atoms with Crippen LogP contribution in [0.1, 0.15) is 33.5 Å². The molecule has 0 radical (unpaired) electrons. The van der Waals surface area contributed by atoms with Crippen molar-refractivity contribution in [2.75, 3.05) is 5.32 Å². The zero-order valence-electron chi connectivity index (χ0n) is 11.5. The molecule has 0 fully saturated rings. The SMILES string of the molecule is CC=C(Nc1cc(Cl)nc(C(F)(F)F)n1)OC(C)(C)C. The number of anilines is 1. The molecule has 20 heavy (non-hydrogen) atoms. The van der Waals surface area contributed by atoms with Crippen LogP contribution in [0.3, 0.4) is 0 Å². The van der Waals surface area contributed by atoms with E-state index in [0.717, 1.165) is 0 Å². The summed E-state index contributed by atoms with van der Waals surface area (Å²) in [5.74, 6) is -1.12. The fraction of sp³-hybridized carbons (Fsp3) is 0.500. The van der Waals surface area contributed by atoms with Crippen LogP contribution in [0.5, 0.6) is 0 Å². The summed E-state index contributed by atoms with van der Waals surface area (Å²) in [5, 5.41) is 2.34. The van der Waals surface area contributed by atoms with Crippen LogP contribution in [0.25, 0.3) is 0 Å². The number of nitrogens with one attached hydrogen (secondary N) is 1. The largest absolute Gasteiger partial charge is 0.473 e. The maximum absolute atomic E-state index is 12.6. The molecule has 1 heterocycles. The Morgan fingerprint density at radius 2 is 1.90 bits per heavy atom. The van der Waals surface area contributed by atoms with Crippen molar-refractivity contribution in [1.29, 1.82) is 0 Å². The van der Waals surface area contributed by atoms with E-state index in [1.54, 1.807) is 13.0 Å². The summed E-state index contributed by atoms with van der Waals surface area (Å²) < 4.78 is 43.3. The highest BCUT2D eigenvalue weighted by Gasteiger charge is 2.35. The summed E-state index contributed by atoms with van der Waals surface area (Å²) in [6.45, 7) is 7.12. The van der Waals surface area contributed by atoms with Crippen LogP contribution < -0.4 is 5.32 Å². The molecule has 0 unspecified atom stereocenters. The molecule has 0 bridgehead atoms. The van der Waals surface area contributed by atoms with E-state index in [2.05, 4.69) is 15.3 Å². The molecular formula is C12H15ClF3N3O. The predicted octanol–water partition coefficient (Wildman–Crippen LogP) is 4.24. The van der Waals surface area contributed by atoms with E-state index in [-0.39, 0.29) is 16.9 Å². The minimum atomic E-state index is -4.66. The third-order valence-electron chi connectivity index (χ3n) is 1.88. The number of hydrogen-bond acceptors (Lipinski definition) is 4. The van der Waals surface area contributed by atoms with Gasteiger partial charge >= 0.3 is 6.18 Å². The molecule has 0 amide bonds. The maximum Gasteiger partial charge on any atom is 0.451 e. The Balaban J connectivity index is 3.00. The first-order valence-electron chi connectivity index (χ1n) is 5.75. The molecule has 0 aliphatic heterocycles. The van der Waals surface area contributed by atoms with E-state index in [1.807, 2.05) is 20.8 Å². The van der Waals surface area contributed by atoms with E-state index in [0.29, 0.717) is 0 Å². The lowest BCUT2D eigenvalue weighted by atomic mass is 10.2. The van der Waals surface area contributed by atoms with Crippen molar-refractivity contribution in [3.63, 3.8) is 0 Å². The highest BCUT2D eigenvalue weighted by molar-refractivity contribution is 6.29. The van der Waals surface area contributed by atoms with Gasteiger partial charge in [-0.25, -0.2) is 9.97 Å². The lowest BCUT2D eigenvalue weighted by molar-refractivity contribution is -0.144. The van der Waals surface area contributed by atoms with Crippen LogP contribution in [-0.2, 0) is 10.9 Å².